The van der Waals surface area contributed by atoms with Gasteiger partial charge in [0.2, 0.25) is 0 Å². The standard InChI is InChI=1S/C22H24N2O2/c25-22(24-21-18-12-15-8-4-5-9-17(15)20(18)21)23-16-10-11-26-19(13-16)14-6-2-1-3-7-14/h1-9,16,18-21H,10-13H2,(H2,23,24,25)/t16-,18-,19+,20+,21-/m1/s1. The Morgan fingerprint density at radius 1 is 1.00 bits per heavy atom. The van der Waals surface area contributed by atoms with Gasteiger partial charge in [-0.05, 0) is 41.9 Å². The molecule has 0 aromatic heterocycles. The van der Waals surface area contributed by atoms with Crippen LogP contribution in [0.15, 0.2) is 54.6 Å². The van der Waals surface area contributed by atoms with Gasteiger partial charge in [-0.3, -0.25) is 0 Å². The Kier molecular flexibility index (Phi) is 3.93. The number of urea groups is 1. The first kappa shape index (κ1) is 15.9. The van der Waals surface area contributed by atoms with Gasteiger partial charge in [-0.2, -0.15) is 0 Å². The number of carbonyl (C=O) groups excluding carboxylic acids is 1. The van der Waals surface area contributed by atoms with E-state index in [0.717, 1.165) is 19.3 Å². The third-order valence-electron chi connectivity index (χ3n) is 6.13. The summed E-state index contributed by atoms with van der Waals surface area (Å²) in [6.07, 6.45) is 2.87. The Morgan fingerprint density at radius 2 is 1.81 bits per heavy atom. The highest BCUT2D eigenvalue weighted by Gasteiger charge is 2.56. The number of carbonyl (C=O) groups is 1. The molecule has 2 aromatic carbocycles. The summed E-state index contributed by atoms with van der Waals surface area (Å²) >= 11 is 0. The van der Waals surface area contributed by atoms with Crippen LogP contribution in [0.25, 0.3) is 0 Å². The molecule has 3 aliphatic rings. The minimum absolute atomic E-state index is 0.0272. The van der Waals surface area contributed by atoms with Crippen LogP contribution in [-0.4, -0.2) is 24.7 Å². The lowest BCUT2D eigenvalue weighted by Crippen LogP contribution is -2.46. The quantitative estimate of drug-likeness (QED) is 0.891. The Morgan fingerprint density at radius 3 is 2.69 bits per heavy atom. The summed E-state index contributed by atoms with van der Waals surface area (Å²) in [5.41, 5.74) is 4.07. The van der Waals surface area contributed by atoms with Gasteiger partial charge in [0, 0.05) is 24.6 Å². The summed E-state index contributed by atoms with van der Waals surface area (Å²) in [7, 11) is 0. The fourth-order valence-corrected chi connectivity index (χ4v) is 4.75. The van der Waals surface area contributed by atoms with Crippen molar-refractivity contribution in [3.63, 3.8) is 0 Å². The van der Waals surface area contributed by atoms with Gasteiger partial charge < -0.3 is 15.4 Å². The van der Waals surface area contributed by atoms with Gasteiger partial charge in [-0.25, -0.2) is 4.79 Å². The molecule has 134 valence electrons. The molecule has 4 heteroatoms. The van der Waals surface area contributed by atoms with E-state index in [-0.39, 0.29) is 18.2 Å². The Balaban J connectivity index is 1.16. The van der Waals surface area contributed by atoms with Crippen molar-refractivity contribution in [2.45, 2.75) is 43.4 Å². The van der Waals surface area contributed by atoms with Gasteiger partial charge in [0.25, 0.3) is 0 Å². The summed E-state index contributed by atoms with van der Waals surface area (Å²) in [4.78, 5) is 12.5. The molecule has 1 heterocycles. The van der Waals surface area contributed by atoms with E-state index in [0.29, 0.717) is 24.5 Å². The van der Waals surface area contributed by atoms with Crippen LogP contribution in [0.4, 0.5) is 4.79 Å². The van der Waals surface area contributed by atoms with E-state index in [1.165, 1.54) is 16.7 Å². The van der Waals surface area contributed by atoms with E-state index in [1.54, 1.807) is 0 Å². The predicted molar refractivity (Wildman–Crippen MR) is 100.0 cm³/mol. The SMILES string of the molecule is O=C(N[C@@H]1CCO[C@H](c2ccccc2)C1)N[C@@H]1[C@@H]2Cc3ccccc3[C@@H]21. The van der Waals surface area contributed by atoms with Gasteiger partial charge in [0.1, 0.15) is 0 Å². The molecule has 2 fully saturated rings. The number of fused-ring (bicyclic) bond motifs is 3. The molecule has 0 unspecified atom stereocenters. The summed E-state index contributed by atoms with van der Waals surface area (Å²) < 4.78 is 5.90. The number of hydrogen-bond donors (Lipinski definition) is 2. The van der Waals surface area contributed by atoms with Gasteiger partial charge in [-0.15, -0.1) is 0 Å². The van der Waals surface area contributed by atoms with Gasteiger partial charge in [0.05, 0.1) is 6.10 Å². The second-order valence-electron chi connectivity index (χ2n) is 7.73. The van der Waals surface area contributed by atoms with Gasteiger partial charge in [0.15, 0.2) is 0 Å². The lowest BCUT2D eigenvalue weighted by Gasteiger charge is -2.30. The summed E-state index contributed by atoms with van der Waals surface area (Å²) in [5, 5.41) is 6.38. The van der Waals surface area contributed by atoms with Crippen LogP contribution in [0, 0.1) is 5.92 Å². The van der Waals surface area contributed by atoms with E-state index in [9.17, 15) is 4.79 Å². The van der Waals surface area contributed by atoms with Crippen molar-refractivity contribution in [2.24, 2.45) is 5.92 Å². The molecule has 1 saturated heterocycles. The summed E-state index contributed by atoms with van der Waals surface area (Å²) in [6.45, 7) is 0.687. The highest BCUT2D eigenvalue weighted by Crippen LogP contribution is 2.56. The van der Waals surface area contributed by atoms with Crippen LogP contribution in [0.3, 0.4) is 0 Å². The van der Waals surface area contributed by atoms with Gasteiger partial charge in [-0.1, -0.05) is 54.6 Å². The number of amides is 2. The van der Waals surface area contributed by atoms with E-state index in [2.05, 4.69) is 47.0 Å². The largest absolute Gasteiger partial charge is 0.373 e. The van der Waals surface area contributed by atoms with Gasteiger partial charge >= 0.3 is 6.03 Å². The Labute approximate surface area is 153 Å². The monoisotopic (exact) mass is 348 g/mol. The number of benzene rings is 2. The zero-order valence-corrected chi connectivity index (χ0v) is 14.7. The molecular formula is C22H24N2O2. The van der Waals surface area contributed by atoms with Crippen molar-refractivity contribution < 1.29 is 9.53 Å². The summed E-state index contributed by atoms with van der Waals surface area (Å²) in [5.74, 6) is 1.11. The fraction of sp³-hybridized carbons (Fsp3) is 0.409. The summed E-state index contributed by atoms with van der Waals surface area (Å²) in [6, 6.07) is 19.3. The minimum Gasteiger partial charge on any atom is -0.373 e. The predicted octanol–water partition coefficient (Wildman–Crippen LogP) is 3.54. The third kappa shape index (κ3) is 2.88. The van der Waals surface area contributed by atoms with E-state index in [4.69, 9.17) is 4.74 Å². The Hall–Kier alpha value is -2.33. The second-order valence-corrected chi connectivity index (χ2v) is 7.73. The van der Waals surface area contributed by atoms with Crippen molar-refractivity contribution in [1.29, 1.82) is 0 Å². The first-order chi connectivity index (χ1) is 12.8. The Bertz CT molecular complexity index is 807. The van der Waals surface area contributed by atoms with Crippen LogP contribution < -0.4 is 10.6 Å². The lowest BCUT2D eigenvalue weighted by atomic mass is 9.97. The van der Waals surface area contributed by atoms with Crippen LogP contribution in [0.1, 0.15) is 41.6 Å². The number of nitrogens with one attached hydrogen (secondary N) is 2. The third-order valence-corrected chi connectivity index (χ3v) is 6.13. The number of rotatable bonds is 3. The van der Waals surface area contributed by atoms with Crippen molar-refractivity contribution in [3.8, 4) is 0 Å². The molecule has 1 saturated carbocycles. The van der Waals surface area contributed by atoms with Crippen LogP contribution in [-0.2, 0) is 11.2 Å². The van der Waals surface area contributed by atoms with Crippen molar-refractivity contribution in [1.82, 2.24) is 10.6 Å². The average Bonchev–Trinajstić information content (AvgIpc) is 3.18. The molecule has 0 bridgehead atoms. The van der Waals surface area contributed by atoms with E-state index in [1.807, 2.05) is 18.2 Å². The zero-order valence-electron chi connectivity index (χ0n) is 14.7. The van der Waals surface area contributed by atoms with Crippen LogP contribution in [0.5, 0.6) is 0 Å². The molecule has 2 amide bonds. The topological polar surface area (TPSA) is 50.4 Å². The second kappa shape index (κ2) is 6.44. The highest BCUT2D eigenvalue weighted by molar-refractivity contribution is 5.75. The first-order valence-electron chi connectivity index (χ1n) is 9.61. The maximum Gasteiger partial charge on any atom is 0.315 e. The molecule has 1 aliphatic heterocycles. The minimum atomic E-state index is -0.0272. The molecule has 2 aliphatic carbocycles. The number of hydrogen-bond acceptors (Lipinski definition) is 2. The smallest absolute Gasteiger partial charge is 0.315 e. The van der Waals surface area contributed by atoms with Crippen molar-refractivity contribution in [3.05, 3.63) is 71.3 Å². The first-order valence-corrected chi connectivity index (χ1v) is 9.61. The molecule has 2 N–H and O–H groups in total. The van der Waals surface area contributed by atoms with E-state index < -0.39 is 0 Å². The highest BCUT2D eigenvalue weighted by atomic mass is 16.5. The number of ether oxygens (including phenoxy) is 1. The molecule has 0 spiro atoms. The lowest BCUT2D eigenvalue weighted by molar-refractivity contribution is 0.00225. The van der Waals surface area contributed by atoms with E-state index >= 15 is 0 Å². The normalized spacial score (nSPS) is 31.6. The maximum atomic E-state index is 12.5. The zero-order chi connectivity index (χ0) is 17.5. The molecule has 26 heavy (non-hydrogen) atoms. The molecule has 4 nitrogen and oxygen atoms in total. The van der Waals surface area contributed by atoms with Crippen LogP contribution in [0.2, 0.25) is 0 Å². The molecule has 5 atom stereocenters. The van der Waals surface area contributed by atoms with Crippen molar-refractivity contribution in [2.75, 3.05) is 6.61 Å². The molecular weight excluding hydrogens is 324 g/mol. The maximum absolute atomic E-state index is 12.5. The fourth-order valence-electron chi connectivity index (χ4n) is 4.75. The molecule has 5 rings (SSSR count). The molecule has 0 radical (unpaired) electrons. The van der Waals surface area contributed by atoms with Crippen molar-refractivity contribution >= 4 is 6.03 Å². The average molecular weight is 348 g/mol. The molecule has 2 aromatic rings. The van der Waals surface area contributed by atoms with Crippen LogP contribution >= 0.6 is 0 Å².